The summed E-state index contributed by atoms with van der Waals surface area (Å²) in [6.07, 6.45) is -2.40. The molecule has 0 aromatic rings. The van der Waals surface area contributed by atoms with E-state index in [-0.39, 0.29) is 17.2 Å². The van der Waals surface area contributed by atoms with Gasteiger partial charge in [-0.3, -0.25) is 14.5 Å². The van der Waals surface area contributed by atoms with Gasteiger partial charge in [-0.05, 0) is 32.2 Å². The lowest BCUT2D eigenvalue weighted by Crippen LogP contribution is -2.51. The lowest BCUT2D eigenvalue weighted by Gasteiger charge is -2.40. The standard InChI is InChI=1S/C14H22F3N3O2/c1-10(19(2)9-14(15,16)17)12(22)20-5-3-13(4-6-20)7-11(21)18-8-13/h10H,3-9H2,1-2H3,(H,18,21). The van der Waals surface area contributed by atoms with Gasteiger partial charge in [0, 0.05) is 26.1 Å². The Hall–Kier alpha value is -1.31. The number of nitrogens with one attached hydrogen (secondary N) is 1. The highest BCUT2D eigenvalue weighted by atomic mass is 19.4. The predicted molar refractivity (Wildman–Crippen MR) is 74.0 cm³/mol. The molecule has 2 aliphatic rings. The Morgan fingerprint density at radius 3 is 2.45 bits per heavy atom. The number of hydrogen-bond donors (Lipinski definition) is 1. The molecule has 0 radical (unpaired) electrons. The van der Waals surface area contributed by atoms with E-state index in [1.54, 1.807) is 4.90 Å². The molecule has 2 rings (SSSR count). The van der Waals surface area contributed by atoms with Crippen LogP contribution < -0.4 is 5.32 Å². The van der Waals surface area contributed by atoms with Crippen LogP contribution in [0.3, 0.4) is 0 Å². The first-order chi connectivity index (χ1) is 10.1. The molecule has 1 atom stereocenters. The van der Waals surface area contributed by atoms with Crippen molar-refractivity contribution < 1.29 is 22.8 Å². The van der Waals surface area contributed by atoms with E-state index >= 15 is 0 Å². The molecule has 2 heterocycles. The average molecular weight is 321 g/mol. The number of amides is 2. The second-order valence-corrected chi connectivity index (χ2v) is 6.49. The summed E-state index contributed by atoms with van der Waals surface area (Å²) in [5.74, 6) is -0.239. The van der Waals surface area contributed by atoms with Crippen LogP contribution in [0, 0.1) is 5.41 Å². The van der Waals surface area contributed by atoms with E-state index in [2.05, 4.69) is 5.32 Å². The fraction of sp³-hybridized carbons (Fsp3) is 0.857. The second-order valence-electron chi connectivity index (χ2n) is 6.49. The summed E-state index contributed by atoms with van der Waals surface area (Å²) < 4.78 is 37.2. The maximum absolute atomic E-state index is 12.4. The van der Waals surface area contributed by atoms with Crippen molar-refractivity contribution in [2.45, 2.75) is 38.4 Å². The largest absolute Gasteiger partial charge is 0.401 e. The van der Waals surface area contributed by atoms with Gasteiger partial charge in [0.1, 0.15) is 0 Å². The molecule has 2 saturated heterocycles. The van der Waals surface area contributed by atoms with Crippen LogP contribution in [-0.4, -0.2) is 67.1 Å². The molecule has 8 heteroatoms. The van der Waals surface area contributed by atoms with Crippen molar-refractivity contribution in [3.63, 3.8) is 0 Å². The van der Waals surface area contributed by atoms with Crippen molar-refractivity contribution in [2.24, 2.45) is 5.41 Å². The molecule has 0 aliphatic carbocycles. The molecule has 126 valence electrons. The number of rotatable bonds is 3. The fourth-order valence-corrected chi connectivity index (χ4v) is 3.18. The summed E-state index contributed by atoms with van der Waals surface area (Å²) in [5.41, 5.74) is -0.0744. The molecule has 0 saturated carbocycles. The number of piperidine rings is 1. The van der Waals surface area contributed by atoms with Gasteiger partial charge >= 0.3 is 6.18 Å². The zero-order chi connectivity index (χ0) is 16.5. The molecule has 0 aromatic carbocycles. The second kappa shape index (κ2) is 6.06. The Labute approximate surface area is 127 Å². The van der Waals surface area contributed by atoms with Crippen molar-refractivity contribution in [3.05, 3.63) is 0 Å². The fourth-order valence-electron chi connectivity index (χ4n) is 3.18. The van der Waals surface area contributed by atoms with Gasteiger partial charge < -0.3 is 10.2 Å². The minimum absolute atomic E-state index is 0.0399. The minimum Gasteiger partial charge on any atom is -0.356 e. The molecule has 1 N–H and O–H groups in total. The highest BCUT2D eigenvalue weighted by molar-refractivity contribution is 5.82. The zero-order valence-corrected chi connectivity index (χ0v) is 12.9. The number of hydrogen-bond acceptors (Lipinski definition) is 3. The third-order valence-corrected chi connectivity index (χ3v) is 4.78. The first-order valence-electron chi connectivity index (χ1n) is 7.44. The van der Waals surface area contributed by atoms with Crippen LogP contribution in [-0.2, 0) is 9.59 Å². The number of nitrogens with zero attached hydrogens (tertiary/aromatic N) is 2. The highest BCUT2D eigenvalue weighted by Gasteiger charge is 2.42. The maximum Gasteiger partial charge on any atom is 0.401 e. The van der Waals surface area contributed by atoms with Crippen molar-refractivity contribution in [3.8, 4) is 0 Å². The van der Waals surface area contributed by atoms with Crippen LogP contribution in [0.25, 0.3) is 0 Å². The van der Waals surface area contributed by atoms with E-state index in [1.807, 2.05) is 0 Å². The van der Waals surface area contributed by atoms with E-state index in [0.29, 0.717) is 38.9 Å². The van der Waals surface area contributed by atoms with Crippen LogP contribution in [0.5, 0.6) is 0 Å². The molecular formula is C14H22F3N3O2. The van der Waals surface area contributed by atoms with Crippen molar-refractivity contribution in [2.75, 3.05) is 33.2 Å². The number of likely N-dealkylation sites (N-methyl/N-ethyl adjacent to an activating group) is 1. The molecular weight excluding hydrogens is 299 g/mol. The van der Waals surface area contributed by atoms with Gasteiger partial charge in [0.25, 0.3) is 0 Å². The van der Waals surface area contributed by atoms with Gasteiger partial charge in [-0.2, -0.15) is 13.2 Å². The SMILES string of the molecule is CC(C(=O)N1CCC2(CC1)CNC(=O)C2)N(C)CC(F)(F)F. The third kappa shape index (κ3) is 3.91. The van der Waals surface area contributed by atoms with Gasteiger partial charge in [-0.15, -0.1) is 0 Å². The van der Waals surface area contributed by atoms with Crippen molar-refractivity contribution in [1.29, 1.82) is 0 Å². The number of alkyl halides is 3. The quantitative estimate of drug-likeness (QED) is 0.844. The molecule has 0 bridgehead atoms. The van der Waals surface area contributed by atoms with Crippen LogP contribution in [0.2, 0.25) is 0 Å². The van der Waals surface area contributed by atoms with Gasteiger partial charge in [0.05, 0.1) is 12.6 Å². The molecule has 22 heavy (non-hydrogen) atoms. The van der Waals surface area contributed by atoms with Gasteiger partial charge in [0.2, 0.25) is 11.8 Å². The molecule has 1 unspecified atom stereocenters. The molecule has 0 aromatic heterocycles. The Bertz CT molecular complexity index is 445. The molecule has 1 spiro atoms. The van der Waals surface area contributed by atoms with E-state index in [9.17, 15) is 22.8 Å². The van der Waals surface area contributed by atoms with Gasteiger partial charge in [-0.25, -0.2) is 0 Å². The first kappa shape index (κ1) is 17.1. The van der Waals surface area contributed by atoms with E-state index in [4.69, 9.17) is 0 Å². The van der Waals surface area contributed by atoms with Crippen LogP contribution in [0.4, 0.5) is 13.2 Å². The van der Waals surface area contributed by atoms with Crippen molar-refractivity contribution in [1.82, 2.24) is 15.1 Å². The highest BCUT2D eigenvalue weighted by Crippen LogP contribution is 2.37. The van der Waals surface area contributed by atoms with Gasteiger partial charge in [0.15, 0.2) is 0 Å². The summed E-state index contributed by atoms with van der Waals surface area (Å²) in [4.78, 5) is 26.3. The lowest BCUT2D eigenvalue weighted by atomic mass is 9.77. The average Bonchev–Trinajstić information content (AvgIpc) is 2.77. The van der Waals surface area contributed by atoms with E-state index < -0.39 is 18.8 Å². The minimum atomic E-state index is -4.31. The molecule has 2 fully saturated rings. The normalized spacial score (nSPS) is 23.0. The number of carbonyl (C=O) groups excluding carboxylic acids is 2. The number of halogens is 3. The van der Waals surface area contributed by atoms with Crippen molar-refractivity contribution >= 4 is 11.8 Å². The molecule has 5 nitrogen and oxygen atoms in total. The monoisotopic (exact) mass is 321 g/mol. The molecule has 2 aliphatic heterocycles. The topological polar surface area (TPSA) is 52.7 Å². The van der Waals surface area contributed by atoms with E-state index in [0.717, 1.165) is 4.90 Å². The number of likely N-dealkylation sites (tertiary alicyclic amines) is 1. The summed E-state index contributed by atoms with van der Waals surface area (Å²) in [5, 5.41) is 2.82. The van der Waals surface area contributed by atoms with Gasteiger partial charge in [-0.1, -0.05) is 0 Å². The Balaban J connectivity index is 1.88. The summed E-state index contributed by atoms with van der Waals surface area (Å²) in [6, 6.07) is -0.806. The molecule has 2 amide bonds. The summed E-state index contributed by atoms with van der Waals surface area (Å²) in [6.45, 7) is 2.03. The zero-order valence-electron chi connectivity index (χ0n) is 12.9. The Morgan fingerprint density at radius 2 is 2.00 bits per heavy atom. The Morgan fingerprint density at radius 1 is 1.41 bits per heavy atom. The lowest BCUT2D eigenvalue weighted by molar-refractivity contribution is -0.155. The third-order valence-electron chi connectivity index (χ3n) is 4.78. The predicted octanol–water partition coefficient (Wildman–Crippen LogP) is 0.998. The summed E-state index contributed by atoms with van der Waals surface area (Å²) >= 11 is 0. The summed E-state index contributed by atoms with van der Waals surface area (Å²) in [7, 11) is 1.31. The maximum atomic E-state index is 12.4. The van der Waals surface area contributed by atoms with E-state index in [1.165, 1.54) is 14.0 Å². The van der Waals surface area contributed by atoms with Crippen LogP contribution in [0.15, 0.2) is 0 Å². The van der Waals surface area contributed by atoms with Crippen LogP contribution in [0.1, 0.15) is 26.2 Å². The first-order valence-corrected chi connectivity index (χ1v) is 7.44. The Kier molecular flexibility index (Phi) is 4.70. The van der Waals surface area contributed by atoms with Crippen LogP contribution >= 0.6 is 0 Å². The number of carbonyl (C=O) groups is 2. The smallest absolute Gasteiger partial charge is 0.356 e.